The zero-order chi connectivity index (χ0) is 16.8. The van der Waals surface area contributed by atoms with Gasteiger partial charge in [-0.2, -0.15) is 0 Å². The number of hydrogen-bond donors (Lipinski definition) is 1. The summed E-state index contributed by atoms with van der Waals surface area (Å²) in [5, 5.41) is 15.0. The third-order valence-electron chi connectivity index (χ3n) is 5.24. The SMILES string of the molecule is CN(C(=O)c1cc2cc([N+](=O)[O-])ccc2o1)C1CC2CCC(C1)N2.Cl. The number of carbonyl (C=O) groups excluding carboxylic acids is 1. The van der Waals surface area contributed by atoms with E-state index in [9.17, 15) is 14.9 Å². The van der Waals surface area contributed by atoms with Gasteiger partial charge in [-0.1, -0.05) is 0 Å². The number of nitrogens with one attached hydrogen (secondary N) is 1. The first-order chi connectivity index (χ1) is 11.5. The molecular weight excluding hydrogens is 346 g/mol. The molecule has 0 radical (unpaired) electrons. The zero-order valence-corrected chi connectivity index (χ0v) is 14.6. The number of hydrogen-bond acceptors (Lipinski definition) is 5. The second-order valence-corrected chi connectivity index (χ2v) is 6.77. The molecule has 1 amide bonds. The smallest absolute Gasteiger partial charge is 0.289 e. The van der Waals surface area contributed by atoms with E-state index in [0.29, 0.717) is 23.1 Å². The highest BCUT2D eigenvalue weighted by atomic mass is 35.5. The first-order valence-electron chi connectivity index (χ1n) is 8.22. The molecule has 2 aliphatic heterocycles. The maximum atomic E-state index is 12.7. The standard InChI is InChI=1S/C17H19N3O4.ClH/c1-19(14-8-11-2-3-12(9-14)18-11)17(21)16-7-10-6-13(20(22)23)4-5-15(10)24-16;/h4-7,11-12,14,18H,2-3,8-9H2,1H3;1H. The third kappa shape index (κ3) is 3.21. The number of amides is 1. The van der Waals surface area contributed by atoms with E-state index in [-0.39, 0.29) is 35.8 Å². The lowest BCUT2D eigenvalue weighted by atomic mass is 9.98. The van der Waals surface area contributed by atoms with Crippen molar-refractivity contribution in [3.8, 4) is 0 Å². The van der Waals surface area contributed by atoms with Crippen LogP contribution in [0.5, 0.6) is 0 Å². The number of rotatable bonds is 3. The maximum absolute atomic E-state index is 12.7. The Labute approximate surface area is 150 Å². The summed E-state index contributed by atoms with van der Waals surface area (Å²) in [6, 6.07) is 7.16. The van der Waals surface area contributed by atoms with Crippen LogP contribution < -0.4 is 5.32 Å². The van der Waals surface area contributed by atoms with Crippen molar-refractivity contribution in [2.75, 3.05) is 7.05 Å². The van der Waals surface area contributed by atoms with Crippen LogP contribution >= 0.6 is 12.4 Å². The van der Waals surface area contributed by atoms with Crippen molar-refractivity contribution in [3.63, 3.8) is 0 Å². The van der Waals surface area contributed by atoms with Crippen molar-refractivity contribution < 1.29 is 14.1 Å². The Morgan fingerprint density at radius 1 is 1.28 bits per heavy atom. The van der Waals surface area contributed by atoms with Crippen LogP contribution in [0.2, 0.25) is 0 Å². The normalized spacial score (nSPS) is 24.8. The van der Waals surface area contributed by atoms with E-state index < -0.39 is 4.92 Å². The molecule has 2 atom stereocenters. The van der Waals surface area contributed by atoms with Gasteiger partial charge in [0.1, 0.15) is 5.58 Å². The van der Waals surface area contributed by atoms with Gasteiger partial charge in [0.05, 0.1) is 4.92 Å². The molecule has 3 heterocycles. The van der Waals surface area contributed by atoms with Crippen LogP contribution in [-0.4, -0.2) is 40.9 Å². The van der Waals surface area contributed by atoms with Gasteiger partial charge in [0, 0.05) is 42.7 Å². The Hall–Kier alpha value is -2.12. The molecule has 1 N–H and O–H groups in total. The number of piperidine rings is 1. The van der Waals surface area contributed by atoms with Crippen molar-refractivity contribution in [1.29, 1.82) is 0 Å². The molecule has 0 saturated carbocycles. The number of carbonyl (C=O) groups is 1. The Bertz CT molecular complexity index is 809. The minimum atomic E-state index is -0.454. The molecule has 25 heavy (non-hydrogen) atoms. The molecule has 134 valence electrons. The highest BCUT2D eigenvalue weighted by Crippen LogP contribution is 2.31. The van der Waals surface area contributed by atoms with Crippen molar-refractivity contribution >= 4 is 35.0 Å². The fourth-order valence-electron chi connectivity index (χ4n) is 3.93. The van der Waals surface area contributed by atoms with Gasteiger partial charge in [0.2, 0.25) is 0 Å². The van der Waals surface area contributed by atoms with E-state index >= 15 is 0 Å². The Balaban J connectivity index is 0.00000182. The maximum Gasteiger partial charge on any atom is 0.289 e. The van der Waals surface area contributed by atoms with Gasteiger partial charge < -0.3 is 14.6 Å². The van der Waals surface area contributed by atoms with Gasteiger partial charge in [-0.05, 0) is 37.8 Å². The number of nitro groups is 1. The van der Waals surface area contributed by atoms with Gasteiger partial charge in [-0.15, -0.1) is 12.4 Å². The summed E-state index contributed by atoms with van der Waals surface area (Å²) in [5.74, 6) is 0.0685. The number of halogens is 1. The van der Waals surface area contributed by atoms with Crippen LogP contribution in [0.25, 0.3) is 11.0 Å². The minimum absolute atomic E-state index is 0. The average molecular weight is 366 g/mol. The van der Waals surface area contributed by atoms with Gasteiger partial charge in [-0.25, -0.2) is 0 Å². The van der Waals surface area contributed by atoms with Crippen LogP contribution in [0.1, 0.15) is 36.2 Å². The van der Waals surface area contributed by atoms with Gasteiger partial charge in [-0.3, -0.25) is 14.9 Å². The Kier molecular flexibility index (Phi) is 4.71. The van der Waals surface area contributed by atoms with Crippen LogP contribution in [0.15, 0.2) is 28.7 Å². The van der Waals surface area contributed by atoms with E-state index in [1.54, 1.807) is 11.0 Å². The summed E-state index contributed by atoms with van der Waals surface area (Å²) < 4.78 is 5.62. The minimum Gasteiger partial charge on any atom is -0.451 e. The lowest BCUT2D eigenvalue weighted by molar-refractivity contribution is -0.384. The predicted octanol–water partition coefficient (Wildman–Crippen LogP) is 3.12. The van der Waals surface area contributed by atoms with Crippen molar-refractivity contribution in [2.45, 2.75) is 43.8 Å². The second kappa shape index (κ2) is 6.65. The molecule has 2 fully saturated rings. The molecule has 0 aliphatic carbocycles. The average Bonchev–Trinajstić information content (AvgIpc) is 3.15. The largest absolute Gasteiger partial charge is 0.451 e. The first-order valence-corrected chi connectivity index (χ1v) is 8.22. The van der Waals surface area contributed by atoms with Gasteiger partial charge >= 0.3 is 0 Å². The molecular formula is C17H20ClN3O4. The molecule has 0 spiro atoms. The fourth-order valence-corrected chi connectivity index (χ4v) is 3.93. The number of nitro benzene ring substituents is 1. The summed E-state index contributed by atoms with van der Waals surface area (Å²) >= 11 is 0. The van der Waals surface area contributed by atoms with E-state index in [2.05, 4.69) is 5.32 Å². The highest BCUT2D eigenvalue weighted by Gasteiger charge is 2.37. The lowest BCUT2D eigenvalue weighted by Crippen LogP contribution is -2.48. The topological polar surface area (TPSA) is 88.6 Å². The Morgan fingerprint density at radius 2 is 1.96 bits per heavy atom. The summed E-state index contributed by atoms with van der Waals surface area (Å²) in [7, 11) is 1.81. The van der Waals surface area contributed by atoms with E-state index in [1.165, 1.54) is 31.0 Å². The van der Waals surface area contributed by atoms with Gasteiger partial charge in [0.25, 0.3) is 11.6 Å². The summed E-state index contributed by atoms with van der Waals surface area (Å²) in [4.78, 5) is 24.9. The van der Waals surface area contributed by atoms with Crippen molar-refractivity contribution in [3.05, 3.63) is 40.1 Å². The highest BCUT2D eigenvalue weighted by molar-refractivity contribution is 5.96. The third-order valence-corrected chi connectivity index (χ3v) is 5.24. The molecule has 7 nitrogen and oxygen atoms in total. The number of benzene rings is 1. The monoisotopic (exact) mass is 365 g/mol. The van der Waals surface area contributed by atoms with E-state index in [4.69, 9.17) is 4.42 Å². The Morgan fingerprint density at radius 3 is 2.60 bits per heavy atom. The van der Waals surface area contributed by atoms with Crippen LogP contribution in [-0.2, 0) is 0 Å². The molecule has 1 aromatic carbocycles. The number of non-ortho nitro benzene ring substituents is 1. The molecule has 2 bridgehead atoms. The lowest BCUT2D eigenvalue weighted by Gasteiger charge is -2.35. The second-order valence-electron chi connectivity index (χ2n) is 6.77. The molecule has 2 unspecified atom stereocenters. The summed E-state index contributed by atoms with van der Waals surface area (Å²) in [6.45, 7) is 0. The quantitative estimate of drug-likeness (QED) is 0.666. The molecule has 8 heteroatoms. The van der Waals surface area contributed by atoms with Crippen molar-refractivity contribution in [2.24, 2.45) is 0 Å². The van der Waals surface area contributed by atoms with E-state index in [1.807, 2.05) is 7.05 Å². The molecule has 4 rings (SSSR count). The van der Waals surface area contributed by atoms with Gasteiger partial charge in [0.15, 0.2) is 5.76 Å². The molecule has 2 aromatic rings. The van der Waals surface area contributed by atoms with E-state index in [0.717, 1.165) is 12.8 Å². The van der Waals surface area contributed by atoms with Crippen LogP contribution in [0, 0.1) is 10.1 Å². The number of furan rings is 1. The zero-order valence-electron chi connectivity index (χ0n) is 13.8. The molecule has 2 saturated heterocycles. The summed E-state index contributed by atoms with van der Waals surface area (Å²) in [5.41, 5.74) is 0.480. The van der Waals surface area contributed by atoms with Crippen LogP contribution in [0.4, 0.5) is 5.69 Å². The molecule has 1 aromatic heterocycles. The number of fused-ring (bicyclic) bond motifs is 3. The number of nitrogens with zero attached hydrogens (tertiary/aromatic N) is 2. The predicted molar refractivity (Wildman–Crippen MR) is 95.2 cm³/mol. The summed E-state index contributed by atoms with van der Waals surface area (Å²) in [6.07, 6.45) is 4.28. The van der Waals surface area contributed by atoms with Crippen molar-refractivity contribution in [1.82, 2.24) is 10.2 Å². The molecule has 2 aliphatic rings. The van der Waals surface area contributed by atoms with Crippen LogP contribution in [0.3, 0.4) is 0 Å². The first kappa shape index (κ1) is 17.7. The fraction of sp³-hybridized carbons (Fsp3) is 0.471.